The van der Waals surface area contributed by atoms with Crippen LogP contribution in [-0.4, -0.2) is 52.8 Å². The van der Waals surface area contributed by atoms with Gasteiger partial charge in [0.1, 0.15) is 11.6 Å². The normalized spacial score (nSPS) is 15.9. The molecule has 0 aliphatic carbocycles. The Kier molecular flexibility index (Phi) is 8.08. The Morgan fingerprint density at radius 3 is 2.30 bits per heavy atom. The van der Waals surface area contributed by atoms with E-state index < -0.39 is 23.8 Å². The van der Waals surface area contributed by atoms with Crippen molar-refractivity contribution in [2.45, 2.75) is 65.1 Å². The third-order valence-corrected chi connectivity index (χ3v) is 5.05. The lowest BCUT2D eigenvalue weighted by Crippen LogP contribution is -2.49. The summed E-state index contributed by atoms with van der Waals surface area (Å²) in [5, 5.41) is 14.7. The van der Waals surface area contributed by atoms with Gasteiger partial charge in [-0.3, -0.25) is 4.79 Å². The Bertz CT molecular complexity index is 734. The number of hydrogen-bond acceptors (Lipinski definition) is 4. The molecule has 8 heteroatoms. The minimum Gasteiger partial charge on any atom is -0.465 e. The van der Waals surface area contributed by atoms with Gasteiger partial charge in [-0.1, -0.05) is 29.8 Å². The van der Waals surface area contributed by atoms with E-state index in [0.717, 1.165) is 11.1 Å². The Balaban J connectivity index is 1.98. The molecule has 0 unspecified atom stereocenters. The van der Waals surface area contributed by atoms with Crippen molar-refractivity contribution in [2.75, 3.05) is 13.1 Å². The van der Waals surface area contributed by atoms with Gasteiger partial charge in [-0.25, -0.2) is 9.59 Å². The number of benzene rings is 1. The minimum atomic E-state index is -0.923. The standard InChI is InChI=1S/C22H33N3O5/c1-15-5-7-17(8-6-15)14-23-19(26)18(24-20(27)30-22(2,3)4)13-16-9-11-25(12-10-16)21(28)29/h5-8,16,18H,9-14H2,1-4H3,(H,23,26)(H,24,27)(H,28,29)/t18-/m0/s1. The molecule has 2 rings (SSSR count). The Hall–Kier alpha value is -2.77. The minimum absolute atomic E-state index is 0.144. The van der Waals surface area contributed by atoms with E-state index >= 15 is 0 Å². The summed E-state index contributed by atoms with van der Waals surface area (Å²) in [5.74, 6) is -0.132. The molecule has 8 nitrogen and oxygen atoms in total. The molecule has 0 bridgehead atoms. The number of piperidine rings is 1. The predicted molar refractivity (Wildman–Crippen MR) is 113 cm³/mol. The number of amides is 3. The molecule has 1 fully saturated rings. The van der Waals surface area contributed by atoms with E-state index in [2.05, 4.69) is 10.6 Å². The van der Waals surface area contributed by atoms with E-state index in [1.54, 1.807) is 20.8 Å². The maximum absolute atomic E-state index is 12.8. The van der Waals surface area contributed by atoms with Crippen LogP contribution >= 0.6 is 0 Å². The molecule has 1 aliphatic rings. The maximum atomic E-state index is 12.8. The molecule has 1 aromatic rings. The van der Waals surface area contributed by atoms with Crippen LogP contribution in [0, 0.1) is 12.8 Å². The zero-order valence-corrected chi connectivity index (χ0v) is 18.2. The first-order valence-corrected chi connectivity index (χ1v) is 10.3. The van der Waals surface area contributed by atoms with Crippen LogP contribution in [0.3, 0.4) is 0 Å². The van der Waals surface area contributed by atoms with Crippen LogP contribution in [0.2, 0.25) is 0 Å². The Morgan fingerprint density at radius 1 is 1.17 bits per heavy atom. The zero-order chi connectivity index (χ0) is 22.3. The number of nitrogens with zero attached hydrogens (tertiary/aromatic N) is 1. The number of ether oxygens (including phenoxy) is 1. The number of carbonyl (C=O) groups excluding carboxylic acids is 2. The van der Waals surface area contributed by atoms with Crippen LogP contribution in [0.4, 0.5) is 9.59 Å². The van der Waals surface area contributed by atoms with Crippen molar-refractivity contribution in [3.8, 4) is 0 Å². The third kappa shape index (κ3) is 7.93. The van der Waals surface area contributed by atoms with Gasteiger partial charge in [0.15, 0.2) is 0 Å². The predicted octanol–water partition coefficient (Wildman–Crippen LogP) is 3.28. The fourth-order valence-electron chi connectivity index (χ4n) is 3.39. The molecule has 0 aromatic heterocycles. The van der Waals surface area contributed by atoms with Gasteiger partial charge in [0.05, 0.1) is 0 Å². The SMILES string of the molecule is Cc1ccc(CNC(=O)[C@H](CC2CCN(C(=O)O)CC2)NC(=O)OC(C)(C)C)cc1. The lowest BCUT2D eigenvalue weighted by atomic mass is 9.90. The number of hydrogen-bond donors (Lipinski definition) is 3. The molecule has 1 atom stereocenters. The van der Waals surface area contributed by atoms with E-state index in [1.165, 1.54) is 4.90 Å². The van der Waals surface area contributed by atoms with Crippen molar-refractivity contribution >= 4 is 18.1 Å². The van der Waals surface area contributed by atoms with Crippen molar-refractivity contribution in [1.29, 1.82) is 0 Å². The number of rotatable bonds is 6. The topological polar surface area (TPSA) is 108 Å². The van der Waals surface area contributed by atoms with E-state index in [0.29, 0.717) is 38.9 Å². The highest BCUT2D eigenvalue weighted by molar-refractivity contribution is 5.85. The number of carbonyl (C=O) groups is 3. The Morgan fingerprint density at radius 2 is 1.77 bits per heavy atom. The average molecular weight is 420 g/mol. The van der Waals surface area contributed by atoms with Crippen LogP contribution in [-0.2, 0) is 16.1 Å². The van der Waals surface area contributed by atoms with E-state index in [4.69, 9.17) is 9.84 Å². The van der Waals surface area contributed by atoms with Crippen molar-refractivity contribution in [3.05, 3.63) is 35.4 Å². The van der Waals surface area contributed by atoms with Gasteiger partial charge in [0.2, 0.25) is 5.91 Å². The molecule has 0 radical (unpaired) electrons. The summed E-state index contributed by atoms with van der Waals surface area (Å²) < 4.78 is 5.32. The highest BCUT2D eigenvalue weighted by atomic mass is 16.6. The van der Waals surface area contributed by atoms with E-state index in [1.807, 2.05) is 31.2 Å². The molecule has 0 spiro atoms. The first kappa shape index (κ1) is 23.5. The summed E-state index contributed by atoms with van der Waals surface area (Å²) in [6.45, 7) is 8.53. The largest absolute Gasteiger partial charge is 0.465 e. The van der Waals surface area contributed by atoms with Crippen molar-refractivity contribution in [2.24, 2.45) is 5.92 Å². The van der Waals surface area contributed by atoms with Crippen LogP contribution < -0.4 is 10.6 Å². The second-order valence-electron chi connectivity index (χ2n) is 8.85. The number of aryl methyl sites for hydroxylation is 1. The summed E-state index contributed by atoms with van der Waals surface area (Å²) in [4.78, 5) is 37.6. The third-order valence-electron chi connectivity index (χ3n) is 5.05. The molecule has 1 saturated heterocycles. The molecule has 1 aromatic carbocycles. The van der Waals surface area contributed by atoms with Gasteiger partial charge >= 0.3 is 12.2 Å². The fourth-order valence-corrected chi connectivity index (χ4v) is 3.39. The van der Waals surface area contributed by atoms with E-state index in [9.17, 15) is 14.4 Å². The molecular formula is C22H33N3O5. The number of alkyl carbamates (subject to hydrolysis) is 1. The van der Waals surface area contributed by atoms with E-state index in [-0.39, 0.29) is 11.8 Å². The summed E-state index contributed by atoms with van der Waals surface area (Å²) in [5.41, 5.74) is 1.45. The van der Waals surface area contributed by atoms with Gasteiger partial charge in [-0.05, 0) is 58.4 Å². The molecule has 1 heterocycles. The van der Waals surface area contributed by atoms with Crippen LogP contribution in [0.5, 0.6) is 0 Å². The summed E-state index contributed by atoms with van der Waals surface area (Å²) in [6.07, 6.45) is 0.189. The van der Waals surface area contributed by atoms with Gasteiger partial charge in [0, 0.05) is 19.6 Å². The smallest absolute Gasteiger partial charge is 0.408 e. The molecule has 0 saturated carbocycles. The highest BCUT2D eigenvalue weighted by Crippen LogP contribution is 2.22. The lowest BCUT2D eigenvalue weighted by Gasteiger charge is -2.32. The van der Waals surface area contributed by atoms with Crippen LogP contribution in [0.15, 0.2) is 24.3 Å². The van der Waals surface area contributed by atoms with Crippen LogP contribution in [0.25, 0.3) is 0 Å². The monoisotopic (exact) mass is 419 g/mol. The molecule has 30 heavy (non-hydrogen) atoms. The highest BCUT2D eigenvalue weighted by Gasteiger charge is 2.30. The number of nitrogens with one attached hydrogen (secondary N) is 2. The summed E-state index contributed by atoms with van der Waals surface area (Å²) >= 11 is 0. The van der Waals surface area contributed by atoms with Gasteiger partial charge in [-0.15, -0.1) is 0 Å². The van der Waals surface area contributed by atoms with Crippen molar-refractivity contribution in [1.82, 2.24) is 15.5 Å². The first-order valence-electron chi connectivity index (χ1n) is 10.3. The van der Waals surface area contributed by atoms with Gasteiger partial charge in [0.25, 0.3) is 0 Å². The Labute approximate surface area is 178 Å². The van der Waals surface area contributed by atoms with Gasteiger partial charge < -0.3 is 25.4 Å². The summed E-state index contributed by atoms with van der Waals surface area (Å²) in [6, 6.07) is 7.12. The molecule has 1 aliphatic heterocycles. The molecule has 166 valence electrons. The first-order chi connectivity index (χ1) is 14.0. The molecular weight excluding hydrogens is 386 g/mol. The van der Waals surface area contributed by atoms with Crippen LogP contribution in [0.1, 0.15) is 51.2 Å². The molecule has 3 N–H and O–H groups in total. The zero-order valence-electron chi connectivity index (χ0n) is 18.2. The molecule has 3 amide bonds. The van der Waals surface area contributed by atoms with Gasteiger partial charge in [-0.2, -0.15) is 0 Å². The van der Waals surface area contributed by atoms with Crippen molar-refractivity contribution in [3.63, 3.8) is 0 Å². The quantitative estimate of drug-likeness (QED) is 0.656. The number of carboxylic acid groups (broad SMARTS) is 1. The number of likely N-dealkylation sites (tertiary alicyclic amines) is 1. The van der Waals surface area contributed by atoms with Crippen molar-refractivity contribution < 1.29 is 24.2 Å². The maximum Gasteiger partial charge on any atom is 0.408 e. The second-order valence-corrected chi connectivity index (χ2v) is 8.85. The summed E-state index contributed by atoms with van der Waals surface area (Å²) in [7, 11) is 0. The average Bonchev–Trinajstić information content (AvgIpc) is 2.65. The fraction of sp³-hybridized carbons (Fsp3) is 0.591. The lowest BCUT2D eigenvalue weighted by molar-refractivity contribution is -0.123. The second kappa shape index (κ2) is 10.3.